The van der Waals surface area contributed by atoms with Gasteiger partial charge in [-0.2, -0.15) is 0 Å². The van der Waals surface area contributed by atoms with Crippen LogP contribution in [0.2, 0.25) is 0 Å². The molecule has 30 heavy (non-hydrogen) atoms. The number of carbonyl (C=O) groups is 1. The maximum absolute atomic E-state index is 12.7. The van der Waals surface area contributed by atoms with Crippen molar-refractivity contribution in [2.75, 3.05) is 33.8 Å². The summed E-state index contributed by atoms with van der Waals surface area (Å²) in [4.78, 5) is 12.7. The molecule has 1 amide bonds. The van der Waals surface area contributed by atoms with E-state index in [2.05, 4.69) is 15.5 Å². The number of methoxy groups -OCH3 is 4. The largest absolute Gasteiger partial charge is 0.497 e. The molecule has 8 nitrogen and oxygen atoms in total. The van der Waals surface area contributed by atoms with Crippen LogP contribution in [0.15, 0.2) is 36.4 Å². The van der Waals surface area contributed by atoms with Crippen molar-refractivity contribution in [2.45, 2.75) is 12.8 Å². The maximum Gasteiger partial charge on any atom is 0.257 e. The van der Waals surface area contributed by atoms with Crippen molar-refractivity contribution >= 4 is 22.4 Å². The van der Waals surface area contributed by atoms with Crippen LogP contribution in [0, 0.1) is 0 Å². The molecule has 2 aromatic carbocycles. The van der Waals surface area contributed by atoms with Crippen LogP contribution in [0.1, 0.15) is 20.9 Å². The van der Waals surface area contributed by atoms with Gasteiger partial charge in [0, 0.05) is 12.0 Å². The number of amides is 1. The molecule has 0 saturated carbocycles. The third kappa shape index (κ3) is 4.98. The van der Waals surface area contributed by atoms with Gasteiger partial charge < -0.3 is 18.9 Å². The van der Waals surface area contributed by atoms with Crippen LogP contribution in [0.25, 0.3) is 0 Å². The first-order valence-electron chi connectivity index (χ1n) is 9.14. The van der Waals surface area contributed by atoms with E-state index < -0.39 is 0 Å². The van der Waals surface area contributed by atoms with E-state index in [1.807, 2.05) is 24.3 Å². The smallest absolute Gasteiger partial charge is 0.257 e. The van der Waals surface area contributed by atoms with Crippen molar-refractivity contribution in [3.8, 4) is 23.0 Å². The Morgan fingerprint density at radius 1 is 0.900 bits per heavy atom. The molecule has 0 fully saturated rings. The highest BCUT2D eigenvalue weighted by molar-refractivity contribution is 7.15. The fourth-order valence-electron chi connectivity index (χ4n) is 2.83. The Hall–Kier alpha value is -3.33. The van der Waals surface area contributed by atoms with Crippen LogP contribution < -0.4 is 24.3 Å². The molecule has 0 saturated heterocycles. The molecule has 0 aliphatic rings. The molecular weight excluding hydrogens is 406 g/mol. The molecule has 0 bridgehead atoms. The van der Waals surface area contributed by atoms with E-state index in [0.29, 0.717) is 27.9 Å². The Labute approximate surface area is 178 Å². The first-order chi connectivity index (χ1) is 14.6. The standard InChI is InChI=1S/C21H23N3O5S/c1-26-15-8-5-13(6-9-15)7-10-18-23-24-21(30-18)22-20(25)14-11-16(27-2)19(29-4)17(12-14)28-3/h5-6,8-9,11-12H,7,10H2,1-4H3,(H,22,24,25). The molecule has 3 aromatic rings. The number of hydrogen-bond donors (Lipinski definition) is 1. The Bertz CT molecular complexity index is 979. The minimum atomic E-state index is -0.341. The van der Waals surface area contributed by atoms with Crippen LogP contribution in [0.4, 0.5) is 5.13 Å². The summed E-state index contributed by atoms with van der Waals surface area (Å²) in [6.45, 7) is 0. The molecule has 0 aliphatic heterocycles. The zero-order chi connectivity index (χ0) is 21.5. The van der Waals surface area contributed by atoms with E-state index in [0.717, 1.165) is 23.6 Å². The van der Waals surface area contributed by atoms with Crippen LogP contribution in [-0.2, 0) is 12.8 Å². The van der Waals surface area contributed by atoms with Gasteiger partial charge in [0.15, 0.2) is 11.5 Å². The lowest BCUT2D eigenvalue weighted by Gasteiger charge is -2.13. The van der Waals surface area contributed by atoms with Crippen LogP contribution in [0.5, 0.6) is 23.0 Å². The van der Waals surface area contributed by atoms with Gasteiger partial charge in [-0.05, 0) is 36.2 Å². The van der Waals surface area contributed by atoms with E-state index >= 15 is 0 Å². The number of carbonyl (C=O) groups excluding carboxylic acids is 1. The Balaban J connectivity index is 1.65. The summed E-state index contributed by atoms with van der Waals surface area (Å²) >= 11 is 1.34. The number of benzene rings is 2. The SMILES string of the molecule is COc1ccc(CCc2nnc(NC(=O)c3cc(OC)c(OC)c(OC)c3)s2)cc1. The van der Waals surface area contributed by atoms with Gasteiger partial charge in [0.1, 0.15) is 10.8 Å². The summed E-state index contributed by atoms with van der Waals surface area (Å²) in [7, 11) is 6.15. The molecule has 9 heteroatoms. The molecule has 158 valence electrons. The second-order valence-corrected chi connectivity index (χ2v) is 7.28. The minimum Gasteiger partial charge on any atom is -0.497 e. The zero-order valence-electron chi connectivity index (χ0n) is 17.2. The lowest BCUT2D eigenvalue weighted by molar-refractivity contribution is 0.102. The van der Waals surface area contributed by atoms with Gasteiger partial charge in [0.25, 0.3) is 5.91 Å². The Morgan fingerprint density at radius 3 is 2.13 bits per heavy atom. The zero-order valence-corrected chi connectivity index (χ0v) is 18.0. The predicted octanol–water partition coefficient (Wildman–Crippen LogP) is 3.61. The van der Waals surface area contributed by atoms with Gasteiger partial charge in [-0.3, -0.25) is 10.1 Å². The molecule has 0 radical (unpaired) electrons. The Kier molecular flexibility index (Phi) is 7.08. The fourth-order valence-corrected chi connectivity index (χ4v) is 3.56. The molecule has 0 atom stereocenters. The summed E-state index contributed by atoms with van der Waals surface area (Å²) in [6, 6.07) is 11.1. The van der Waals surface area contributed by atoms with Crippen molar-refractivity contribution < 1.29 is 23.7 Å². The molecule has 1 heterocycles. The summed E-state index contributed by atoms with van der Waals surface area (Å²) in [5.74, 6) is 1.71. The van der Waals surface area contributed by atoms with E-state index in [4.69, 9.17) is 18.9 Å². The highest BCUT2D eigenvalue weighted by Gasteiger charge is 2.18. The summed E-state index contributed by atoms with van der Waals surface area (Å²) in [5.41, 5.74) is 1.54. The number of anilines is 1. The van der Waals surface area contributed by atoms with Crippen molar-refractivity contribution in [1.82, 2.24) is 10.2 Å². The third-order valence-corrected chi connectivity index (χ3v) is 5.30. The van der Waals surface area contributed by atoms with Crippen molar-refractivity contribution in [1.29, 1.82) is 0 Å². The lowest BCUT2D eigenvalue weighted by atomic mass is 10.1. The highest BCUT2D eigenvalue weighted by atomic mass is 32.1. The highest BCUT2D eigenvalue weighted by Crippen LogP contribution is 2.38. The number of aromatic nitrogens is 2. The quantitative estimate of drug-likeness (QED) is 0.555. The van der Waals surface area contributed by atoms with Crippen LogP contribution >= 0.6 is 11.3 Å². The predicted molar refractivity (Wildman–Crippen MR) is 114 cm³/mol. The van der Waals surface area contributed by atoms with Crippen LogP contribution in [-0.4, -0.2) is 44.5 Å². The second-order valence-electron chi connectivity index (χ2n) is 6.22. The number of aryl methyl sites for hydroxylation is 2. The second kappa shape index (κ2) is 9.93. The maximum atomic E-state index is 12.7. The van der Waals surface area contributed by atoms with Gasteiger partial charge >= 0.3 is 0 Å². The fraction of sp³-hybridized carbons (Fsp3) is 0.286. The third-order valence-electron chi connectivity index (χ3n) is 4.40. The van der Waals surface area contributed by atoms with Gasteiger partial charge in [0.05, 0.1) is 28.4 Å². The molecule has 0 aliphatic carbocycles. The first-order valence-corrected chi connectivity index (χ1v) is 9.96. The summed E-state index contributed by atoms with van der Waals surface area (Å²) in [6.07, 6.45) is 1.55. The van der Waals surface area contributed by atoms with Gasteiger partial charge in [0.2, 0.25) is 10.9 Å². The molecule has 0 spiro atoms. The molecule has 0 unspecified atom stereocenters. The molecular formula is C21H23N3O5S. The topological polar surface area (TPSA) is 91.8 Å². The Morgan fingerprint density at radius 2 is 1.57 bits per heavy atom. The first kappa shape index (κ1) is 21.4. The van der Waals surface area contributed by atoms with E-state index in [-0.39, 0.29) is 5.91 Å². The monoisotopic (exact) mass is 429 g/mol. The average molecular weight is 429 g/mol. The van der Waals surface area contributed by atoms with E-state index in [1.54, 1.807) is 19.2 Å². The number of nitrogens with zero attached hydrogens (tertiary/aromatic N) is 2. The van der Waals surface area contributed by atoms with Crippen molar-refractivity contribution in [2.24, 2.45) is 0 Å². The van der Waals surface area contributed by atoms with Crippen molar-refractivity contribution in [3.05, 3.63) is 52.5 Å². The number of rotatable bonds is 9. The minimum absolute atomic E-state index is 0.341. The summed E-state index contributed by atoms with van der Waals surface area (Å²) < 4.78 is 21.0. The van der Waals surface area contributed by atoms with Gasteiger partial charge in [-0.1, -0.05) is 23.5 Å². The molecule has 1 N–H and O–H groups in total. The van der Waals surface area contributed by atoms with E-state index in [9.17, 15) is 4.79 Å². The molecule has 3 rings (SSSR count). The van der Waals surface area contributed by atoms with Gasteiger partial charge in [-0.25, -0.2) is 0 Å². The number of nitrogens with one attached hydrogen (secondary N) is 1. The lowest BCUT2D eigenvalue weighted by Crippen LogP contribution is -2.12. The average Bonchev–Trinajstić information content (AvgIpc) is 3.24. The number of ether oxygens (including phenoxy) is 4. The van der Waals surface area contributed by atoms with E-state index in [1.165, 1.54) is 38.2 Å². The summed E-state index contributed by atoms with van der Waals surface area (Å²) in [5, 5.41) is 12.3. The molecule has 1 aromatic heterocycles. The van der Waals surface area contributed by atoms with Crippen LogP contribution in [0.3, 0.4) is 0 Å². The normalized spacial score (nSPS) is 10.4. The number of hydrogen-bond acceptors (Lipinski definition) is 8. The van der Waals surface area contributed by atoms with Crippen molar-refractivity contribution in [3.63, 3.8) is 0 Å². The van der Waals surface area contributed by atoms with Gasteiger partial charge in [-0.15, -0.1) is 10.2 Å².